The fourth-order valence-corrected chi connectivity index (χ4v) is 6.07. The molecule has 0 aromatic heterocycles. The molecule has 0 saturated heterocycles. The van der Waals surface area contributed by atoms with Crippen LogP contribution < -0.4 is 5.73 Å². The maximum absolute atomic E-state index is 14.1. The van der Waals surface area contributed by atoms with Crippen molar-refractivity contribution in [1.29, 1.82) is 0 Å². The normalized spacial score (nSPS) is 36.7. The predicted molar refractivity (Wildman–Crippen MR) is 83.7 cm³/mol. The van der Waals surface area contributed by atoms with Crippen molar-refractivity contribution in [3.63, 3.8) is 0 Å². The van der Waals surface area contributed by atoms with Gasteiger partial charge in [-0.05, 0) is 25.1 Å². The van der Waals surface area contributed by atoms with Crippen LogP contribution in [0.25, 0.3) is 0 Å². The third-order valence-corrected chi connectivity index (χ3v) is 7.68. The van der Waals surface area contributed by atoms with E-state index in [2.05, 4.69) is 20.9 Å². The van der Waals surface area contributed by atoms with Crippen LogP contribution >= 0.6 is 15.9 Å². The predicted octanol–water partition coefficient (Wildman–Crippen LogP) is 2.46. The molecule has 1 spiro atoms. The highest BCUT2D eigenvalue weighted by Crippen LogP contribution is 2.48. The highest BCUT2D eigenvalue weighted by Gasteiger charge is 2.61. The van der Waals surface area contributed by atoms with E-state index in [9.17, 15) is 17.2 Å². The minimum Gasteiger partial charge on any atom is -0.386 e. The number of hydrogen-bond acceptors (Lipinski definition) is 4. The molecule has 2 aliphatic rings. The van der Waals surface area contributed by atoms with Gasteiger partial charge in [0.05, 0.1) is 5.75 Å². The van der Waals surface area contributed by atoms with E-state index < -0.39 is 32.1 Å². The summed E-state index contributed by atoms with van der Waals surface area (Å²) < 4.78 is 51.9. The molecule has 1 atom stereocenters. The first kappa shape index (κ1) is 15.9. The molecular formula is C14H15BrF2N2O2S. The molecule has 1 fully saturated rings. The number of hydrogen-bond donors (Lipinski definition) is 1. The number of halogens is 3. The van der Waals surface area contributed by atoms with Gasteiger partial charge in [0.15, 0.2) is 9.84 Å². The van der Waals surface area contributed by atoms with E-state index in [4.69, 9.17) is 5.73 Å². The Morgan fingerprint density at radius 3 is 2.59 bits per heavy atom. The lowest BCUT2D eigenvalue weighted by Crippen LogP contribution is -2.65. The second-order valence-corrected chi connectivity index (χ2v) is 9.37. The van der Waals surface area contributed by atoms with Crippen molar-refractivity contribution in [2.75, 3.05) is 5.75 Å². The number of nitrogens with two attached hydrogens (primary N) is 1. The summed E-state index contributed by atoms with van der Waals surface area (Å²) in [6, 6.07) is 4.26. The maximum atomic E-state index is 14.1. The van der Waals surface area contributed by atoms with Crippen LogP contribution in [0.1, 0.15) is 25.3 Å². The Kier molecular flexibility index (Phi) is 3.41. The topological polar surface area (TPSA) is 72.5 Å². The van der Waals surface area contributed by atoms with Crippen LogP contribution in [0.15, 0.2) is 27.7 Å². The van der Waals surface area contributed by atoms with Crippen molar-refractivity contribution in [3.05, 3.63) is 34.1 Å². The summed E-state index contributed by atoms with van der Waals surface area (Å²) in [5, 5.41) is 0. The van der Waals surface area contributed by atoms with Gasteiger partial charge in [-0.25, -0.2) is 17.2 Å². The lowest BCUT2D eigenvalue weighted by Gasteiger charge is -2.48. The van der Waals surface area contributed by atoms with E-state index >= 15 is 0 Å². The standard InChI is InChI=1S/C14H15BrF2N2O2S/c1-13(10-4-8(15)2-3-11(10)17)7-22(20,21)14(12(18)19-13)5-9(16)6-14/h2-4,9H,5-7H2,1H3,(H2,18,19)/t9?,13-,14?/m0/s1. The molecule has 1 heterocycles. The molecule has 1 aromatic carbocycles. The summed E-state index contributed by atoms with van der Waals surface area (Å²) in [5.74, 6) is -1.05. The number of aliphatic imine (C=N–C) groups is 1. The zero-order valence-electron chi connectivity index (χ0n) is 11.8. The molecule has 1 aliphatic heterocycles. The van der Waals surface area contributed by atoms with E-state index in [-0.39, 0.29) is 30.0 Å². The van der Waals surface area contributed by atoms with Gasteiger partial charge in [-0.15, -0.1) is 0 Å². The van der Waals surface area contributed by atoms with Crippen LogP contribution in [0.3, 0.4) is 0 Å². The Morgan fingerprint density at radius 1 is 1.41 bits per heavy atom. The molecule has 0 bridgehead atoms. The van der Waals surface area contributed by atoms with Crippen molar-refractivity contribution >= 4 is 31.6 Å². The Balaban J connectivity index is 2.14. The first-order chi connectivity index (χ1) is 10.1. The molecule has 8 heteroatoms. The van der Waals surface area contributed by atoms with Crippen molar-refractivity contribution in [3.8, 4) is 0 Å². The molecule has 0 radical (unpaired) electrons. The van der Waals surface area contributed by atoms with Gasteiger partial charge in [0.1, 0.15) is 28.1 Å². The summed E-state index contributed by atoms with van der Waals surface area (Å²) >= 11 is 3.24. The molecule has 1 saturated carbocycles. The molecule has 3 rings (SSSR count). The molecule has 0 unspecified atom stereocenters. The van der Waals surface area contributed by atoms with Crippen LogP contribution in [0.2, 0.25) is 0 Å². The maximum Gasteiger partial charge on any atom is 0.166 e. The summed E-state index contributed by atoms with van der Waals surface area (Å²) in [5.41, 5.74) is 4.72. The van der Waals surface area contributed by atoms with Crippen LogP contribution in [0.5, 0.6) is 0 Å². The second kappa shape index (κ2) is 4.74. The Hall–Kier alpha value is -1.02. The number of alkyl halides is 1. The largest absolute Gasteiger partial charge is 0.386 e. The number of amidine groups is 1. The van der Waals surface area contributed by atoms with Crippen molar-refractivity contribution in [2.24, 2.45) is 10.7 Å². The number of benzene rings is 1. The van der Waals surface area contributed by atoms with E-state index in [1.54, 1.807) is 0 Å². The molecule has 22 heavy (non-hydrogen) atoms. The van der Waals surface area contributed by atoms with Crippen LogP contribution in [0.4, 0.5) is 8.78 Å². The average Bonchev–Trinajstić information content (AvgIpc) is 2.35. The minimum atomic E-state index is -3.73. The molecule has 0 amide bonds. The van der Waals surface area contributed by atoms with Crippen molar-refractivity contribution in [1.82, 2.24) is 0 Å². The third-order valence-electron chi connectivity index (χ3n) is 4.51. The van der Waals surface area contributed by atoms with Gasteiger partial charge >= 0.3 is 0 Å². The fourth-order valence-electron chi connectivity index (χ4n) is 3.23. The summed E-state index contributed by atoms with van der Waals surface area (Å²) in [6.07, 6.45) is -1.51. The molecule has 2 N–H and O–H groups in total. The minimum absolute atomic E-state index is 0.116. The van der Waals surface area contributed by atoms with E-state index in [1.807, 2.05) is 0 Å². The second-order valence-electron chi connectivity index (χ2n) is 6.15. The Labute approximate surface area is 135 Å². The van der Waals surface area contributed by atoms with E-state index in [0.717, 1.165) is 0 Å². The summed E-state index contributed by atoms with van der Waals surface area (Å²) in [7, 11) is -3.73. The number of rotatable bonds is 1. The first-order valence-electron chi connectivity index (χ1n) is 6.77. The number of sulfone groups is 1. The van der Waals surface area contributed by atoms with Crippen LogP contribution in [-0.4, -0.2) is 30.9 Å². The van der Waals surface area contributed by atoms with Gasteiger partial charge in [-0.3, -0.25) is 4.99 Å². The highest BCUT2D eigenvalue weighted by atomic mass is 79.9. The quantitative estimate of drug-likeness (QED) is 0.797. The molecule has 1 aliphatic carbocycles. The monoisotopic (exact) mass is 392 g/mol. The number of nitrogens with zero attached hydrogens (tertiary/aromatic N) is 1. The van der Waals surface area contributed by atoms with Gasteiger partial charge < -0.3 is 5.73 Å². The van der Waals surface area contributed by atoms with Gasteiger partial charge in [-0.1, -0.05) is 15.9 Å². The third kappa shape index (κ3) is 2.11. The van der Waals surface area contributed by atoms with Gasteiger partial charge in [0.25, 0.3) is 0 Å². The smallest absolute Gasteiger partial charge is 0.166 e. The zero-order chi connectivity index (χ0) is 16.3. The van der Waals surface area contributed by atoms with Crippen LogP contribution in [-0.2, 0) is 15.4 Å². The summed E-state index contributed by atoms with van der Waals surface area (Å²) in [4.78, 5) is 4.28. The molecule has 120 valence electrons. The molecule has 4 nitrogen and oxygen atoms in total. The Morgan fingerprint density at radius 2 is 2.05 bits per heavy atom. The van der Waals surface area contributed by atoms with E-state index in [1.165, 1.54) is 25.1 Å². The lowest BCUT2D eigenvalue weighted by molar-refractivity contribution is 0.182. The fraction of sp³-hybridized carbons (Fsp3) is 0.500. The SMILES string of the molecule is C[C@@]1(c2cc(Br)ccc2F)CS(=O)(=O)C2(CC(F)C2)C(N)=N1. The highest BCUT2D eigenvalue weighted by molar-refractivity contribution is 9.10. The van der Waals surface area contributed by atoms with Crippen molar-refractivity contribution in [2.45, 2.75) is 36.2 Å². The van der Waals surface area contributed by atoms with Gasteiger partial charge in [-0.2, -0.15) is 0 Å². The van der Waals surface area contributed by atoms with Gasteiger partial charge in [0, 0.05) is 22.9 Å². The first-order valence-corrected chi connectivity index (χ1v) is 9.22. The summed E-state index contributed by atoms with van der Waals surface area (Å²) in [6.45, 7) is 1.53. The average molecular weight is 393 g/mol. The van der Waals surface area contributed by atoms with E-state index in [0.29, 0.717) is 4.47 Å². The van der Waals surface area contributed by atoms with Gasteiger partial charge in [0.2, 0.25) is 0 Å². The molecular weight excluding hydrogens is 378 g/mol. The zero-order valence-corrected chi connectivity index (χ0v) is 14.2. The molecule has 1 aromatic rings. The van der Waals surface area contributed by atoms with Crippen LogP contribution in [0, 0.1) is 5.82 Å². The Bertz CT molecular complexity index is 775. The lowest BCUT2D eigenvalue weighted by atomic mass is 9.80. The van der Waals surface area contributed by atoms with Crippen molar-refractivity contribution < 1.29 is 17.2 Å².